The predicted octanol–water partition coefficient (Wildman–Crippen LogP) is 6.61. The highest BCUT2D eigenvalue weighted by Gasteiger charge is 2.20. The van der Waals surface area contributed by atoms with Crippen molar-refractivity contribution >= 4 is 34.7 Å². The summed E-state index contributed by atoms with van der Waals surface area (Å²) in [6.07, 6.45) is 1.67. The molecule has 0 saturated carbocycles. The summed E-state index contributed by atoms with van der Waals surface area (Å²) in [4.78, 5) is 5.64. The Morgan fingerprint density at radius 1 is 1.06 bits per heavy atom. The second-order valence-electron chi connectivity index (χ2n) is 6.73. The number of rotatable bonds is 7. The second-order valence-corrected chi connectivity index (χ2v) is 9.06. The molecular weight excluding hydrogens is 464 g/mol. The summed E-state index contributed by atoms with van der Waals surface area (Å²) in [5.74, 6) is 2.66. The van der Waals surface area contributed by atoms with Crippen molar-refractivity contribution in [1.29, 1.82) is 0 Å². The number of hydrogen-bond acceptors (Lipinski definition) is 7. The lowest BCUT2D eigenvalue weighted by Crippen LogP contribution is -2.01. The van der Waals surface area contributed by atoms with Crippen LogP contribution in [0.15, 0.2) is 81.9 Å². The van der Waals surface area contributed by atoms with Gasteiger partial charge in [0.05, 0.1) is 23.4 Å². The monoisotopic (exact) mass is 480 g/mol. The highest BCUT2D eigenvalue weighted by Crippen LogP contribution is 2.35. The smallest absolute Gasteiger partial charge is 0.226 e. The molecular formula is C23H17ClN4O2S2. The molecule has 5 rings (SSSR count). The third kappa shape index (κ3) is 4.17. The first-order valence-corrected chi connectivity index (χ1v) is 11.9. The Bertz CT molecular complexity index is 1330. The number of thioether (sulfide) groups is 1. The van der Waals surface area contributed by atoms with E-state index >= 15 is 0 Å². The fourth-order valence-corrected chi connectivity index (χ4v) is 4.84. The zero-order valence-corrected chi connectivity index (χ0v) is 19.3. The maximum Gasteiger partial charge on any atom is 0.226 e. The fourth-order valence-electron chi connectivity index (χ4n) is 3.20. The van der Waals surface area contributed by atoms with Crippen LogP contribution >= 0.6 is 34.7 Å². The highest BCUT2D eigenvalue weighted by molar-refractivity contribution is 7.98. The molecule has 0 spiro atoms. The summed E-state index contributed by atoms with van der Waals surface area (Å²) in [6.45, 7) is 0. The molecule has 0 aliphatic carbocycles. The number of ether oxygens (including phenoxy) is 1. The molecule has 0 aliphatic rings. The normalized spacial score (nSPS) is 11.1. The number of hydrogen-bond donors (Lipinski definition) is 0. The minimum atomic E-state index is 0.558. The number of methoxy groups -OCH3 is 1. The van der Waals surface area contributed by atoms with Crippen molar-refractivity contribution in [2.75, 3.05) is 7.11 Å². The van der Waals surface area contributed by atoms with E-state index < -0.39 is 0 Å². The number of thiophene rings is 1. The van der Waals surface area contributed by atoms with E-state index in [0.29, 0.717) is 16.7 Å². The molecule has 0 atom stereocenters. The van der Waals surface area contributed by atoms with Crippen molar-refractivity contribution in [2.45, 2.75) is 10.9 Å². The van der Waals surface area contributed by atoms with E-state index in [-0.39, 0.29) is 0 Å². The quantitative estimate of drug-likeness (QED) is 0.244. The first-order valence-electron chi connectivity index (χ1n) is 9.69. The van der Waals surface area contributed by atoms with Gasteiger partial charge in [0.2, 0.25) is 5.89 Å². The Morgan fingerprint density at radius 2 is 1.91 bits per heavy atom. The van der Waals surface area contributed by atoms with Crippen LogP contribution < -0.4 is 4.74 Å². The molecule has 160 valence electrons. The van der Waals surface area contributed by atoms with Gasteiger partial charge >= 0.3 is 0 Å². The maximum absolute atomic E-state index is 5.97. The van der Waals surface area contributed by atoms with Crippen LogP contribution in [0.4, 0.5) is 0 Å². The average molecular weight is 481 g/mol. The van der Waals surface area contributed by atoms with Gasteiger partial charge in [0.1, 0.15) is 12.0 Å². The van der Waals surface area contributed by atoms with E-state index in [1.807, 2.05) is 70.6 Å². The first-order chi connectivity index (χ1) is 15.7. The van der Waals surface area contributed by atoms with Crippen LogP contribution in [0.1, 0.15) is 5.69 Å². The number of halogens is 1. The Kier molecular flexibility index (Phi) is 5.98. The number of benzene rings is 2. The fraction of sp³-hybridized carbons (Fsp3) is 0.0870. The van der Waals surface area contributed by atoms with E-state index in [0.717, 1.165) is 38.6 Å². The first kappa shape index (κ1) is 20.8. The van der Waals surface area contributed by atoms with E-state index in [1.54, 1.807) is 24.7 Å². The van der Waals surface area contributed by atoms with Gasteiger partial charge in [0.25, 0.3) is 0 Å². The van der Waals surface area contributed by atoms with Crippen LogP contribution in [0, 0.1) is 0 Å². The van der Waals surface area contributed by atoms with Crippen molar-refractivity contribution in [3.8, 4) is 33.6 Å². The summed E-state index contributed by atoms with van der Waals surface area (Å²) in [5.41, 5.74) is 2.57. The number of nitrogens with zero attached hydrogens (tertiary/aromatic N) is 4. The summed E-state index contributed by atoms with van der Waals surface area (Å²) in [7, 11) is 1.66. The lowest BCUT2D eigenvalue weighted by molar-refractivity contribution is 0.412. The van der Waals surface area contributed by atoms with Gasteiger partial charge in [-0.25, -0.2) is 4.98 Å². The average Bonchev–Trinajstić information content (AvgIpc) is 3.58. The summed E-state index contributed by atoms with van der Waals surface area (Å²) >= 11 is 9.13. The molecule has 0 aliphatic heterocycles. The second kappa shape index (κ2) is 9.20. The van der Waals surface area contributed by atoms with Crippen molar-refractivity contribution in [2.24, 2.45) is 0 Å². The topological polar surface area (TPSA) is 66.0 Å². The van der Waals surface area contributed by atoms with Crippen LogP contribution in [0.25, 0.3) is 27.8 Å². The van der Waals surface area contributed by atoms with Gasteiger partial charge in [-0.15, -0.1) is 21.5 Å². The minimum absolute atomic E-state index is 0.558. The van der Waals surface area contributed by atoms with Gasteiger partial charge in [-0.2, -0.15) is 0 Å². The molecule has 6 nitrogen and oxygen atoms in total. The number of para-hydroxylation sites is 2. The van der Waals surface area contributed by atoms with Crippen molar-refractivity contribution in [3.63, 3.8) is 0 Å². The molecule has 32 heavy (non-hydrogen) atoms. The van der Waals surface area contributed by atoms with Crippen LogP contribution in [0.2, 0.25) is 5.02 Å². The molecule has 3 heterocycles. The molecule has 3 aromatic heterocycles. The maximum atomic E-state index is 5.97. The molecule has 0 radical (unpaired) electrons. The van der Waals surface area contributed by atoms with Gasteiger partial charge in [-0.1, -0.05) is 41.6 Å². The molecule has 0 unspecified atom stereocenters. The molecule has 9 heteroatoms. The minimum Gasteiger partial charge on any atom is -0.495 e. The lowest BCUT2D eigenvalue weighted by Gasteiger charge is -2.13. The summed E-state index contributed by atoms with van der Waals surface area (Å²) in [5, 5.41) is 12.4. The van der Waals surface area contributed by atoms with E-state index in [1.165, 1.54) is 11.8 Å². The van der Waals surface area contributed by atoms with Gasteiger partial charge in [0, 0.05) is 16.3 Å². The molecule has 0 amide bonds. The van der Waals surface area contributed by atoms with Crippen molar-refractivity contribution < 1.29 is 9.15 Å². The van der Waals surface area contributed by atoms with Gasteiger partial charge < -0.3 is 9.15 Å². The molecule has 0 saturated heterocycles. The SMILES string of the molecule is COc1ccccc1-n1c(SCc2coc(-c3ccc(Cl)cc3)n2)nnc1-c1cccs1. The molecule has 0 bridgehead atoms. The highest BCUT2D eigenvalue weighted by atomic mass is 35.5. The van der Waals surface area contributed by atoms with Gasteiger partial charge in [0.15, 0.2) is 11.0 Å². The Labute approximate surface area is 197 Å². The van der Waals surface area contributed by atoms with Gasteiger partial charge in [-0.3, -0.25) is 4.57 Å². The molecule has 0 fully saturated rings. The summed E-state index contributed by atoms with van der Waals surface area (Å²) < 4.78 is 13.3. The standard InChI is InChI=1S/C23H17ClN4O2S2/c1-29-19-6-3-2-5-18(19)28-21(20-7-4-12-31-20)26-27-23(28)32-14-17-13-30-22(25-17)15-8-10-16(24)11-9-15/h2-13H,14H2,1H3. The van der Waals surface area contributed by atoms with Crippen molar-refractivity contribution in [1.82, 2.24) is 19.7 Å². The molecule has 2 aromatic carbocycles. The zero-order valence-electron chi connectivity index (χ0n) is 16.9. The van der Waals surface area contributed by atoms with Gasteiger partial charge in [-0.05, 0) is 47.8 Å². The Hall–Kier alpha value is -3.07. The Balaban J connectivity index is 1.45. The van der Waals surface area contributed by atoms with E-state index in [2.05, 4.69) is 15.2 Å². The van der Waals surface area contributed by atoms with Crippen LogP contribution in [-0.2, 0) is 5.75 Å². The van der Waals surface area contributed by atoms with Crippen LogP contribution in [0.3, 0.4) is 0 Å². The molecule has 0 N–H and O–H groups in total. The lowest BCUT2D eigenvalue weighted by atomic mass is 10.2. The van der Waals surface area contributed by atoms with Crippen LogP contribution in [-0.4, -0.2) is 26.9 Å². The third-order valence-corrected chi connectivity index (χ3v) is 6.77. The predicted molar refractivity (Wildman–Crippen MR) is 128 cm³/mol. The third-order valence-electron chi connectivity index (χ3n) is 4.69. The van der Waals surface area contributed by atoms with E-state index in [9.17, 15) is 0 Å². The van der Waals surface area contributed by atoms with Crippen molar-refractivity contribution in [3.05, 3.63) is 83.0 Å². The largest absolute Gasteiger partial charge is 0.495 e. The van der Waals surface area contributed by atoms with Crippen LogP contribution in [0.5, 0.6) is 5.75 Å². The Morgan fingerprint density at radius 3 is 2.69 bits per heavy atom. The zero-order chi connectivity index (χ0) is 21.9. The summed E-state index contributed by atoms with van der Waals surface area (Å²) in [6, 6.07) is 19.3. The van der Waals surface area contributed by atoms with E-state index in [4.69, 9.17) is 20.8 Å². The number of oxazole rings is 1. The molecule has 5 aromatic rings. The number of aromatic nitrogens is 4.